The molecule has 3 aliphatic heterocycles. The quantitative estimate of drug-likeness (QED) is 0.695. The number of nitrogens with zero attached hydrogens (tertiary/aromatic N) is 5. The molecule has 31 heavy (non-hydrogen) atoms. The first-order chi connectivity index (χ1) is 14.9. The zero-order valence-electron chi connectivity index (χ0n) is 17.0. The van der Waals surface area contributed by atoms with Crippen LogP contribution in [0.3, 0.4) is 0 Å². The van der Waals surface area contributed by atoms with E-state index in [0.717, 1.165) is 19.2 Å². The number of allylic oxidation sites excluding steroid dienone is 4. The largest absolute Gasteiger partial charge is 0.328 e. The minimum absolute atomic E-state index is 0.226. The van der Waals surface area contributed by atoms with Crippen molar-refractivity contribution in [3.05, 3.63) is 65.5 Å². The van der Waals surface area contributed by atoms with Gasteiger partial charge in [-0.3, -0.25) is 9.69 Å². The molecule has 1 fully saturated rings. The SMILES string of the molecule is CN1CCN(C(=O)N2C=C3C(=O)N(c4ccccc4)N=C3C3CC(F)=C(F)C=C32)CC1. The Morgan fingerprint density at radius 2 is 1.81 bits per heavy atom. The van der Waals surface area contributed by atoms with Gasteiger partial charge in [-0.2, -0.15) is 10.1 Å². The first kappa shape index (κ1) is 19.6. The lowest BCUT2D eigenvalue weighted by Gasteiger charge is -2.39. The number of hydrazone groups is 1. The lowest BCUT2D eigenvalue weighted by atomic mass is 9.84. The third kappa shape index (κ3) is 3.25. The molecule has 1 unspecified atom stereocenters. The van der Waals surface area contributed by atoms with Crippen LogP contribution in [0.2, 0.25) is 0 Å². The number of rotatable bonds is 1. The summed E-state index contributed by atoms with van der Waals surface area (Å²) < 4.78 is 28.4. The van der Waals surface area contributed by atoms with E-state index >= 15 is 0 Å². The Hall–Kier alpha value is -3.33. The van der Waals surface area contributed by atoms with Gasteiger partial charge in [-0.1, -0.05) is 18.2 Å². The first-order valence-electron chi connectivity index (χ1n) is 10.2. The number of anilines is 1. The molecule has 0 saturated carbocycles. The smallest absolute Gasteiger partial charge is 0.322 e. The van der Waals surface area contributed by atoms with Crippen molar-refractivity contribution in [2.75, 3.05) is 38.2 Å². The predicted octanol–water partition coefficient (Wildman–Crippen LogP) is 3.01. The van der Waals surface area contributed by atoms with E-state index in [1.165, 1.54) is 16.1 Å². The molecule has 1 aromatic rings. The summed E-state index contributed by atoms with van der Waals surface area (Å²) >= 11 is 0. The molecule has 4 aliphatic rings. The Morgan fingerprint density at radius 1 is 1.10 bits per heavy atom. The van der Waals surface area contributed by atoms with Gasteiger partial charge in [0.25, 0.3) is 5.91 Å². The molecule has 0 aromatic heterocycles. The number of carbonyl (C=O) groups excluding carboxylic acids is 2. The van der Waals surface area contributed by atoms with E-state index < -0.39 is 23.5 Å². The molecule has 1 atom stereocenters. The van der Waals surface area contributed by atoms with Crippen LogP contribution < -0.4 is 5.01 Å². The second-order valence-corrected chi connectivity index (χ2v) is 8.00. The number of benzene rings is 1. The van der Waals surface area contributed by atoms with E-state index in [-0.39, 0.29) is 18.0 Å². The van der Waals surface area contributed by atoms with Gasteiger partial charge in [0.15, 0.2) is 5.83 Å². The number of piperazine rings is 1. The van der Waals surface area contributed by atoms with E-state index in [9.17, 15) is 18.4 Å². The number of hydrogen-bond donors (Lipinski definition) is 0. The Morgan fingerprint density at radius 3 is 2.52 bits per heavy atom. The van der Waals surface area contributed by atoms with Crippen molar-refractivity contribution in [2.45, 2.75) is 6.42 Å². The maximum Gasteiger partial charge on any atom is 0.328 e. The summed E-state index contributed by atoms with van der Waals surface area (Å²) in [7, 11) is 1.98. The highest BCUT2D eigenvalue weighted by Gasteiger charge is 2.45. The summed E-state index contributed by atoms with van der Waals surface area (Å²) in [5.74, 6) is -3.01. The van der Waals surface area contributed by atoms with Gasteiger partial charge in [-0.25, -0.2) is 13.6 Å². The topological polar surface area (TPSA) is 59.5 Å². The molecule has 5 rings (SSSR count). The molecule has 0 radical (unpaired) electrons. The summed E-state index contributed by atoms with van der Waals surface area (Å²) in [5.41, 5.74) is 1.44. The van der Waals surface area contributed by atoms with Crippen molar-refractivity contribution in [3.63, 3.8) is 0 Å². The number of para-hydroxylation sites is 1. The normalized spacial score (nSPS) is 24.0. The minimum atomic E-state index is -0.996. The highest BCUT2D eigenvalue weighted by molar-refractivity contribution is 6.32. The average molecular weight is 425 g/mol. The first-order valence-corrected chi connectivity index (χ1v) is 10.2. The van der Waals surface area contributed by atoms with Gasteiger partial charge in [0.2, 0.25) is 0 Å². The van der Waals surface area contributed by atoms with Crippen LogP contribution in [0.1, 0.15) is 6.42 Å². The molecule has 0 bridgehead atoms. The maximum atomic E-state index is 14.2. The van der Waals surface area contributed by atoms with Crippen LogP contribution in [-0.2, 0) is 4.79 Å². The highest BCUT2D eigenvalue weighted by atomic mass is 19.2. The van der Waals surface area contributed by atoms with Crippen LogP contribution in [0.15, 0.2) is 70.6 Å². The third-order valence-electron chi connectivity index (χ3n) is 6.03. The fourth-order valence-corrected chi connectivity index (χ4v) is 4.24. The molecule has 160 valence electrons. The Bertz CT molecular complexity index is 1070. The lowest BCUT2D eigenvalue weighted by Crippen LogP contribution is -2.52. The third-order valence-corrected chi connectivity index (χ3v) is 6.03. The Balaban J connectivity index is 1.55. The summed E-state index contributed by atoms with van der Waals surface area (Å²) in [5, 5.41) is 5.69. The van der Waals surface area contributed by atoms with Crippen molar-refractivity contribution in [3.8, 4) is 0 Å². The van der Waals surface area contributed by atoms with E-state index in [4.69, 9.17) is 0 Å². The molecule has 0 spiro atoms. The molecular formula is C22H21F2N5O2. The average Bonchev–Trinajstić information content (AvgIpc) is 3.11. The zero-order valence-corrected chi connectivity index (χ0v) is 17.0. The van der Waals surface area contributed by atoms with Crippen LogP contribution in [0.4, 0.5) is 19.3 Å². The molecule has 1 saturated heterocycles. The van der Waals surface area contributed by atoms with Gasteiger partial charge in [-0.05, 0) is 25.3 Å². The number of halogens is 2. The Kier molecular flexibility index (Phi) is 4.70. The number of fused-ring (bicyclic) bond motifs is 3. The van der Waals surface area contributed by atoms with Gasteiger partial charge < -0.3 is 9.80 Å². The standard InChI is InChI=1S/C22H21F2N5O2/c1-26-7-9-27(10-8-26)22(31)28-13-16-20(15-11-17(23)18(24)12-19(15)28)25-29(21(16)30)14-5-3-2-4-6-14/h2-6,12-13,15H,7-11H2,1H3. The maximum absolute atomic E-state index is 14.2. The van der Waals surface area contributed by atoms with E-state index in [1.807, 2.05) is 13.1 Å². The van der Waals surface area contributed by atoms with Gasteiger partial charge in [0.05, 0.1) is 22.9 Å². The number of carbonyl (C=O) groups is 2. The van der Waals surface area contributed by atoms with Gasteiger partial charge in [-0.15, -0.1) is 0 Å². The molecule has 3 amide bonds. The van der Waals surface area contributed by atoms with E-state index in [0.29, 0.717) is 30.2 Å². The summed E-state index contributed by atoms with van der Waals surface area (Å²) in [4.78, 5) is 31.5. The molecular weight excluding hydrogens is 404 g/mol. The zero-order chi connectivity index (χ0) is 21.7. The second kappa shape index (κ2) is 7.42. The number of urea groups is 1. The highest BCUT2D eigenvalue weighted by Crippen LogP contribution is 2.42. The van der Waals surface area contributed by atoms with Crippen molar-refractivity contribution in [2.24, 2.45) is 11.0 Å². The van der Waals surface area contributed by atoms with Gasteiger partial charge in [0.1, 0.15) is 5.83 Å². The Labute approximate surface area is 178 Å². The summed E-state index contributed by atoms with van der Waals surface area (Å²) in [6.45, 7) is 2.47. The molecule has 9 heteroatoms. The lowest BCUT2D eigenvalue weighted by molar-refractivity contribution is -0.114. The number of likely N-dealkylation sites (N-methyl/N-ethyl adjacent to an activating group) is 1. The van der Waals surface area contributed by atoms with Crippen molar-refractivity contribution >= 4 is 23.3 Å². The fraction of sp³-hybridized carbons (Fsp3) is 0.318. The monoisotopic (exact) mass is 425 g/mol. The van der Waals surface area contributed by atoms with Crippen LogP contribution in [0.5, 0.6) is 0 Å². The predicted molar refractivity (Wildman–Crippen MR) is 111 cm³/mol. The van der Waals surface area contributed by atoms with Crippen LogP contribution in [0, 0.1) is 5.92 Å². The van der Waals surface area contributed by atoms with E-state index in [1.54, 1.807) is 29.2 Å². The summed E-state index contributed by atoms with van der Waals surface area (Å²) in [6.07, 6.45) is 2.18. The van der Waals surface area contributed by atoms with Crippen molar-refractivity contribution in [1.29, 1.82) is 0 Å². The van der Waals surface area contributed by atoms with Crippen molar-refractivity contribution < 1.29 is 18.4 Å². The van der Waals surface area contributed by atoms with Crippen LogP contribution in [-0.4, -0.2) is 65.6 Å². The van der Waals surface area contributed by atoms with Crippen molar-refractivity contribution in [1.82, 2.24) is 14.7 Å². The van der Waals surface area contributed by atoms with Gasteiger partial charge >= 0.3 is 6.03 Å². The molecule has 3 heterocycles. The van der Waals surface area contributed by atoms with E-state index in [2.05, 4.69) is 10.0 Å². The number of amides is 3. The minimum Gasteiger partial charge on any atom is -0.322 e. The molecule has 7 nitrogen and oxygen atoms in total. The molecule has 1 aliphatic carbocycles. The van der Waals surface area contributed by atoms with Crippen LogP contribution >= 0.6 is 0 Å². The van der Waals surface area contributed by atoms with Crippen LogP contribution in [0.25, 0.3) is 0 Å². The van der Waals surface area contributed by atoms with Gasteiger partial charge in [0, 0.05) is 44.5 Å². The number of hydrogen-bond acceptors (Lipinski definition) is 4. The molecule has 1 aromatic carbocycles. The fourth-order valence-electron chi connectivity index (χ4n) is 4.24. The summed E-state index contributed by atoms with van der Waals surface area (Å²) in [6, 6.07) is 8.52. The second-order valence-electron chi connectivity index (χ2n) is 8.00. The molecule has 0 N–H and O–H groups in total.